The normalized spacial score (nSPS) is 11.1. The Morgan fingerprint density at radius 3 is 2.41 bits per heavy atom. The summed E-state index contributed by atoms with van der Waals surface area (Å²) in [7, 11) is 4.08. The zero-order chi connectivity index (χ0) is 19.4. The molecule has 0 spiro atoms. The van der Waals surface area contributed by atoms with Gasteiger partial charge in [0.2, 0.25) is 0 Å². The van der Waals surface area contributed by atoms with Crippen LogP contribution in [0.1, 0.15) is 43.6 Å². The lowest BCUT2D eigenvalue weighted by atomic mass is 9.96. The first-order valence-corrected chi connectivity index (χ1v) is 9.82. The van der Waals surface area contributed by atoms with E-state index in [9.17, 15) is 4.79 Å². The van der Waals surface area contributed by atoms with E-state index in [0.29, 0.717) is 6.54 Å². The lowest BCUT2D eigenvalue weighted by Gasteiger charge is -2.21. The quantitative estimate of drug-likeness (QED) is 0.624. The van der Waals surface area contributed by atoms with Crippen molar-refractivity contribution in [3.05, 3.63) is 69.9 Å². The Morgan fingerprint density at radius 2 is 1.78 bits per heavy atom. The molecule has 27 heavy (non-hydrogen) atoms. The van der Waals surface area contributed by atoms with Gasteiger partial charge in [-0.3, -0.25) is 9.78 Å². The Balaban J connectivity index is 2.30. The van der Waals surface area contributed by atoms with Gasteiger partial charge in [0, 0.05) is 37.1 Å². The molecule has 0 bridgehead atoms. The maximum absolute atomic E-state index is 13.4. The van der Waals surface area contributed by atoms with Gasteiger partial charge in [-0.2, -0.15) is 0 Å². The summed E-state index contributed by atoms with van der Waals surface area (Å²) in [6, 6.07) is 12.1. The number of aromatic nitrogens is 2. The number of rotatable bonds is 7. The summed E-state index contributed by atoms with van der Waals surface area (Å²) in [6.45, 7) is 4.90. The predicted octanol–water partition coefficient (Wildman–Crippen LogP) is 4.42. The first kappa shape index (κ1) is 19.2. The Hall–Kier alpha value is -2.62. The van der Waals surface area contributed by atoms with E-state index >= 15 is 0 Å². The molecule has 1 aromatic carbocycles. The molecule has 0 aliphatic heterocycles. The molecule has 0 N–H and O–H groups in total. The van der Waals surface area contributed by atoms with Crippen LogP contribution in [0.3, 0.4) is 0 Å². The van der Waals surface area contributed by atoms with Crippen LogP contribution in [0.25, 0.3) is 10.8 Å². The molecule has 2 heterocycles. The van der Waals surface area contributed by atoms with Crippen LogP contribution in [0.2, 0.25) is 0 Å². The highest BCUT2D eigenvalue weighted by molar-refractivity contribution is 5.89. The third-order valence-electron chi connectivity index (χ3n) is 5.03. The molecule has 2 aromatic heterocycles. The number of nitrogens with zero attached hydrogens (tertiary/aromatic N) is 3. The Bertz CT molecular complexity index is 974. The highest BCUT2D eigenvalue weighted by Crippen LogP contribution is 2.27. The maximum Gasteiger partial charge on any atom is 0.259 e. The molecule has 3 aromatic rings. The molecule has 0 saturated heterocycles. The zero-order valence-electron chi connectivity index (χ0n) is 16.8. The summed E-state index contributed by atoms with van der Waals surface area (Å²) < 4.78 is 1.95. The number of aryl methyl sites for hydroxylation is 1. The minimum Gasteiger partial charge on any atom is -0.378 e. The second kappa shape index (κ2) is 8.38. The minimum absolute atomic E-state index is 0.0873. The second-order valence-corrected chi connectivity index (χ2v) is 7.26. The molecule has 0 radical (unpaired) electrons. The molecular weight excluding hydrogens is 334 g/mol. The van der Waals surface area contributed by atoms with Crippen LogP contribution < -0.4 is 10.5 Å². The van der Waals surface area contributed by atoms with Crippen LogP contribution in [0.5, 0.6) is 0 Å². The first-order valence-electron chi connectivity index (χ1n) is 9.82. The van der Waals surface area contributed by atoms with Gasteiger partial charge >= 0.3 is 0 Å². The molecule has 0 saturated carbocycles. The van der Waals surface area contributed by atoms with Gasteiger partial charge in [0.15, 0.2) is 0 Å². The lowest BCUT2D eigenvalue weighted by molar-refractivity contribution is 0.668. The molecule has 4 nitrogen and oxygen atoms in total. The van der Waals surface area contributed by atoms with Gasteiger partial charge in [-0.15, -0.1) is 0 Å². The van der Waals surface area contributed by atoms with Crippen LogP contribution >= 0.6 is 0 Å². The van der Waals surface area contributed by atoms with Crippen LogP contribution in [0, 0.1) is 0 Å². The fourth-order valence-corrected chi connectivity index (χ4v) is 3.71. The van der Waals surface area contributed by atoms with Crippen molar-refractivity contribution in [3.8, 4) is 0 Å². The number of hydrogen-bond acceptors (Lipinski definition) is 3. The van der Waals surface area contributed by atoms with E-state index in [2.05, 4.69) is 29.8 Å². The highest BCUT2D eigenvalue weighted by atomic mass is 16.1. The van der Waals surface area contributed by atoms with E-state index in [-0.39, 0.29) is 5.56 Å². The van der Waals surface area contributed by atoms with Crippen molar-refractivity contribution >= 4 is 16.5 Å². The van der Waals surface area contributed by atoms with E-state index in [1.54, 1.807) is 6.20 Å². The summed E-state index contributed by atoms with van der Waals surface area (Å²) in [5.41, 5.74) is 4.61. The number of fused-ring (bicyclic) bond motifs is 1. The van der Waals surface area contributed by atoms with E-state index in [4.69, 9.17) is 0 Å². The standard InChI is InChI=1S/C23H29N3O/c1-5-9-19-21-15-18(25(3)4)12-13-20(21)23(27)26(22(19)10-6-2)16-17-11-7-8-14-24-17/h7-8,11-15H,5-6,9-10,16H2,1-4H3. The van der Waals surface area contributed by atoms with Crippen molar-refractivity contribution in [2.45, 2.75) is 46.1 Å². The van der Waals surface area contributed by atoms with Crippen LogP contribution in [-0.4, -0.2) is 23.6 Å². The van der Waals surface area contributed by atoms with Crippen molar-refractivity contribution in [3.63, 3.8) is 0 Å². The molecule has 0 unspecified atom stereocenters. The average molecular weight is 364 g/mol. The fourth-order valence-electron chi connectivity index (χ4n) is 3.71. The molecule has 0 aliphatic carbocycles. The van der Waals surface area contributed by atoms with Gasteiger partial charge in [-0.1, -0.05) is 32.8 Å². The minimum atomic E-state index is 0.0873. The van der Waals surface area contributed by atoms with E-state index < -0.39 is 0 Å². The number of benzene rings is 1. The third kappa shape index (κ3) is 3.90. The van der Waals surface area contributed by atoms with Gasteiger partial charge in [-0.25, -0.2) is 0 Å². The first-order chi connectivity index (χ1) is 13.1. The van der Waals surface area contributed by atoms with Crippen LogP contribution in [-0.2, 0) is 19.4 Å². The van der Waals surface area contributed by atoms with Crippen LogP contribution in [0.4, 0.5) is 5.69 Å². The third-order valence-corrected chi connectivity index (χ3v) is 5.03. The van der Waals surface area contributed by atoms with Gasteiger partial charge in [0.1, 0.15) is 0 Å². The van der Waals surface area contributed by atoms with Gasteiger partial charge in [-0.05, 0) is 54.1 Å². The number of hydrogen-bond donors (Lipinski definition) is 0. The second-order valence-electron chi connectivity index (χ2n) is 7.26. The van der Waals surface area contributed by atoms with Crippen molar-refractivity contribution < 1.29 is 0 Å². The van der Waals surface area contributed by atoms with Crippen molar-refractivity contribution in [2.24, 2.45) is 0 Å². The van der Waals surface area contributed by atoms with Gasteiger partial charge in [0.05, 0.1) is 12.2 Å². The lowest BCUT2D eigenvalue weighted by Crippen LogP contribution is -2.27. The largest absolute Gasteiger partial charge is 0.378 e. The highest BCUT2D eigenvalue weighted by Gasteiger charge is 2.17. The maximum atomic E-state index is 13.4. The summed E-state index contributed by atoms with van der Waals surface area (Å²) in [6.07, 6.45) is 5.74. The number of pyridine rings is 2. The molecular formula is C23H29N3O. The average Bonchev–Trinajstić information content (AvgIpc) is 2.68. The van der Waals surface area contributed by atoms with Crippen molar-refractivity contribution in [2.75, 3.05) is 19.0 Å². The van der Waals surface area contributed by atoms with Gasteiger partial charge < -0.3 is 9.47 Å². The van der Waals surface area contributed by atoms with Crippen molar-refractivity contribution in [1.29, 1.82) is 0 Å². The summed E-state index contributed by atoms with van der Waals surface area (Å²) in [4.78, 5) is 19.9. The Morgan fingerprint density at radius 1 is 1.00 bits per heavy atom. The molecule has 0 fully saturated rings. The molecule has 0 atom stereocenters. The van der Waals surface area contributed by atoms with Crippen LogP contribution in [0.15, 0.2) is 47.4 Å². The van der Waals surface area contributed by atoms with Gasteiger partial charge in [0.25, 0.3) is 5.56 Å². The molecule has 142 valence electrons. The fraction of sp³-hybridized carbons (Fsp3) is 0.391. The van der Waals surface area contributed by atoms with Crippen molar-refractivity contribution in [1.82, 2.24) is 9.55 Å². The van der Waals surface area contributed by atoms with E-state index in [1.807, 2.05) is 49.0 Å². The SMILES string of the molecule is CCCc1c(CCC)n(Cc2ccccn2)c(=O)c2ccc(N(C)C)cc12. The summed E-state index contributed by atoms with van der Waals surface area (Å²) in [5.74, 6) is 0. The molecule has 4 heteroatoms. The smallest absolute Gasteiger partial charge is 0.259 e. The Labute approximate surface area is 161 Å². The molecule has 0 amide bonds. The number of anilines is 1. The van der Waals surface area contributed by atoms with E-state index in [0.717, 1.165) is 47.8 Å². The molecule has 3 rings (SSSR count). The zero-order valence-corrected chi connectivity index (χ0v) is 16.8. The monoisotopic (exact) mass is 363 g/mol. The summed E-state index contributed by atoms with van der Waals surface area (Å²) >= 11 is 0. The Kier molecular flexibility index (Phi) is 5.94. The molecule has 0 aliphatic rings. The summed E-state index contributed by atoms with van der Waals surface area (Å²) in [5, 5.41) is 1.91. The topological polar surface area (TPSA) is 38.1 Å². The van der Waals surface area contributed by atoms with E-state index in [1.165, 1.54) is 11.3 Å². The predicted molar refractivity (Wildman–Crippen MR) is 114 cm³/mol.